The number of aliphatic carboxylic acids is 2. The molecule has 0 spiro atoms. The van der Waals surface area contributed by atoms with Crippen molar-refractivity contribution in [2.24, 2.45) is 5.73 Å². The molecule has 0 saturated carbocycles. The fraction of sp³-hybridized carbons (Fsp3) is 0.385. The van der Waals surface area contributed by atoms with Crippen LogP contribution in [0.15, 0.2) is 30.3 Å². The Labute approximate surface area is 119 Å². The van der Waals surface area contributed by atoms with E-state index in [1.165, 1.54) is 0 Å². The largest absolute Gasteiger partial charge is 0.490 e. The molecule has 0 aliphatic carbocycles. The first-order chi connectivity index (χ1) is 9.40. The Morgan fingerprint density at radius 2 is 1.48 bits per heavy atom. The lowest BCUT2D eigenvalue weighted by Crippen LogP contribution is -2.46. The highest BCUT2D eigenvalue weighted by Crippen LogP contribution is 2.25. The van der Waals surface area contributed by atoms with Crippen LogP contribution >= 0.6 is 0 Å². The van der Waals surface area contributed by atoms with E-state index in [4.69, 9.17) is 20.7 Å². The van der Waals surface area contributed by atoms with Gasteiger partial charge in [-0.25, -0.2) is 4.79 Å². The molecule has 1 atom stereocenters. The molecule has 0 radical (unpaired) electrons. The number of carboxylic acids is 2. The van der Waals surface area contributed by atoms with Crippen LogP contribution in [0, 0.1) is 0 Å². The number of alkyl halides is 3. The minimum atomic E-state index is -5.08. The number of halogens is 3. The van der Waals surface area contributed by atoms with E-state index in [9.17, 15) is 18.0 Å². The first-order valence-electron chi connectivity index (χ1n) is 5.74. The number of nitrogens with two attached hydrogens (primary N) is 1. The molecule has 1 aromatic rings. The van der Waals surface area contributed by atoms with Crippen LogP contribution in [0.25, 0.3) is 0 Å². The molecule has 0 aliphatic rings. The summed E-state index contributed by atoms with van der Waals surface area (Å²) in [4.78, 5) is 19.7. The van der Waals surface area contributed by atoms with Gasteiger partial charge in [-0.05, 0) is 5.56 Å². The summed E-state index contributed by atoms with van der Waals surface area (Å²) in [7, 11) is 0. The predicted molar refractivity (Wildman–Crippen MR) is 68.8 cm³/mol. The number of carbonyl (C=O) groups is 2. The van der Waals surface area contributed by atoms with Crippen LogP contribution in [-0.2, 0) is 15.0 Å². The quantitative estimate of drug-likeness (QED) is 0.793. The van der Waals surface area contributed by atoms with Gasteiger partial charge >= 0.3 is 18.1 Å². The van der Waals surface area contributed by atoms with E-state index in [1.807, 2.05) is 44.2 Å². The molecule has 0 saturated heterocycles. The van der Waals surface area contributed by atoms with Crippen molar-refractivity contribution in [3.63, 3.8) is 0 Å². The molecule has 21 heavy (non-hydrogen) atoms. The molecule has 0 bridgehead atoms. The average molecular weight is 307 g/mol. The lowest BCUT2D eigenvalue weighted by atomic mass is 9.78. The van der Waals surface area contributed by atoms with Crippen molar-refractivity contribution >= 4 is 11.9 Å². The highest BCUT2D eigenvalue weighted by molar-refractivity contribution is 5.75. The van der Waals surface area contributed by atoms with E-state index in [-0.39, 0.29) is 0 Å². The Kier molecular flexibility index (Phi) is 6.37. The Morgan fingerprint density at radius 3 is 1.76 bits per heavy atom. The molecule has 8 heteroatoms. The minimum Gasteiger partial charge on any atom is -0.480 e. The molecular formula is C13H16F3NO4. The van der Waals surface area contributed by atoms with Crippen LogP contribution in [0.2, 0.25) is 0 Å². The summed E-state index contributed by atoms with van der Waals surface area (Å²) in [5, 5.41) is 16.0. The predicted octanol–water partition coefficient (Wildman–Crippen LogP) is 2.01. The third-order valence-corrected chi connectivity index (χ3v) is 2.80. The van der Waals surface area contributed by atoms with E-state index in [1.54, 1.807) is 0 Å². The Morgan fingerprint density at radius 1 is 1.10 bits per heavy atom. The summed E-state index contributed by atoms with van der Waals surface area (Å²) >= 11 is 0. The van der Waals surface area contributed by atoms with E-state index in [2.05, 4.69) is 0 Å². The molecule has 0 unspecified atom stereocenters. The third-order valence-electron chi connectivity index (χ3n) is 2.80. The number of hydrogen-bond acceptors (Lipinski definition) is 3. The summed E-state index contributed by atoms with van der Waals surface area (Å²) in [5.41, 5.74) is 6.02. The van der Waals surface area contributed by atoms with E-state index in [0.717, 1.165) is 5.56 Å². The maximum atomic E-state index is 10.8. The van der Waals surface area contributed by atoms with Crippen molar-refractivity contribution in [1.29, 1.82) is 0 Å². The van der Waals surface area contributed by atoms with Crippen molar-refractivity contribution in [3.05, 3.63) is 35.9 Å². The van der Waals surface area contributed by atoms with Gasteiger partial charge in [0.05, 0.1) is 0 Å². The molecule has 0 heterocycles. The Bertz CT molecular complexity index is 486. The van der Waals surface area contributed by atoms with Crippen LogP contribution < -0.4 is 5.73 Å². The van der Waals surface area contributed by atoms with Crippen molar-refractivity contribution < 1.29 is 33.0 Å². The second-order valence-corrected chi connectivity index (χ2v) is 4.71. The van der Waals surface area contributed by atoms with Gasteiger partial charge in [0.25, 0.3) is 0 Å². The molecule has 0 aromatic heterocycles. The smallest absolute Gasteiger partial charge is 0.480 e. The molecule has 0 aliphatic heterocycles. The van der Waals surface area contributed by atoms with Crippen molar-refractivity contribution in [3.8, 4) is 0 Å². The van der Waals surface area contributed by atoms with Gasteiger partial charge in [-0.2, -0.15) is 13.2 Å². The van der Waals surface area contributed by atoms with Crippen molar-refractivity contribution in [2.75, 3.05) is 0 Å². The summed E-state index contributed by atoms with van der Waals surface area (Å²) in [5.74, 6) is -3.73. The SMILES string of the molecule is CC(C)(c1ccccc1)[C@@H](N)C(=O)O.O=C(O)C(F)(F)F. The van der Waals surface area contributed by atoms with E-state index in [0.29, 0.717) is 0 Å². The molecule has 1 rings (SSSR count). The van der Waals surface area contributed by atoms with Gasteiger partial charge in [0, 0.05) is 5.41 Å². The highest BCUT2D eigenvalue weighted by atomic mass is 19.4. The zero-order chi connectivity index (χ0) is 16.8. The second-order valence-electron chi connectivity index (χ2n) is 4.71. The van der Waals surface area contributed by atoms with Gasteiger partial charge in [0.2, 0.25) is 0 Å². The molecular weight excluding hydrogens is 291 g/mol. The molecule has 5 nitrogen and oxygen atoms in total. The number of carboxylic acid groups (broad SMARTS) is 2. The lowest BCUT2D eigenvalue weighted by molar-refractivity contribution is -0.192. The van der Waals surface area contributed by atoms with Gasteiger partial charge in [-0.3, -0.25) is 4.79 Å². The summed E-state index contributed by atoms with van der Waals surface area (Å²) in [6, 6.07) is 8.55. The van der Waals surface area contributed by atoms with Gasteiger partial charge in [-0.15, -0.1) is 0 Å². The van der Waals surface area contributed by atoms with Crippen LogP contribution in [0.1, 0.15) is 19.4 Å². The Balaban J connectivity index is 0.000000486. The minimum absolute atomic E-state index is 0.549. The fourth-order valence-electron chi connectivity index (χ4n) is 1.36. The second kappa shape index (κ2) is 7.07. The average Bonchev–Trinajstić information content (AvgIpc) is 2.38. The number of benzene rings is 1. The topological polar surface area (TPSA) is 101 Å². The van der Waals surface area contributed by atoms with Crippen molar-refractivity contribution in [2.45, 2.75) is 31.5 Å². The molecule has 4 N–H and O–H groups in total. The number of rotatable bonds is 3. The summed E-state index contributed by atoms with van der Waals surface area (Å²) < 4.78 is 31.7. The first-order valence-corrected chi connectivity index (χ1v) is 5.74. The van der Waals surface area contributed by atoms with E-state index < -0.39 is 29.6 Å². The molecule has 118 valence electrons. The lowest BCUT2D eigenvalue weighted by Gasteiger charge is -2.29. The normalized spacial score (nSPS) is 12.9. The fourth-order valence-corrected chi connectivity index (χ4v) is 1.36. The summed E-state index contributed by atoms with van der Waals surface area (Å²) in [6.45, 7) is 3.67. The van der Waals surface area contributed by atoms with Crippen LogP contribution in [-0.4, -0.2) is 34.4 Å². The zero-order valence-electron chi connectivity index (χ0n) is 11.4. The van der Waals surface area contributed by atoms with Crippen LogP contribution in [0.3, 0.4) is 0 Å². The first kappa shape index (κ1) is 18.9. The molecule has 1 aromatic carbocycles. The maximum absolute atomic E-state index is 10.8. The standard InChI is InChI=1S/C11H15NO2.C2HF3O2/c1-11(2,9(12)10(13)14)8-6-4-3-5-7-8;3-2(4,5)1(6)7/h3-7,9H,12H2,1-2H3,(H,13,14);(H,6,7)/t9-;/m0./s1. The van der Waals surface area contributed by atoms with E-state index >= 15 is 0 Å². The highest BCUT2D eigenvalue weighted by Gasteiger charge is 2.38. The third kappa shape index (κ3) is 5.82. The number of hydrogen-bond donors (Lipinski definition) is 3. The van der Waals surface area contributed by atoms with Crippen LogP contribution in [0.4, 0.5) is 13.2 Å². The van der Waals surface area contributed by atoms with Gasteiger partial charge in [-0.1, -0.05) is 44.2 Å². The Hall–Kier alpha value is -2.09. The monoisotopic (exact) mass is 307 g/mol. The maximum Gasteiger partial charge on any atom is 0.490 e. The van der Waals surface area contributed by atoms with Gasteiger partial charge in [0.15, 0.2) is 0 Å². The molecule has 0 amide bonds. The van der Waals surface area contributed by atoms with Gasteiger partial charge in [0.1, 0.15) is 6.04 Å². The molecule has 0 fully saturated rings. The zero-order valence-corrected chi connectivity index (χ0v) is 11.4. The van der Waals surface area contributed by atoms with Crippen LogP contribution in [0.5, 0.6) is 0 Å². The summed E-state index contributed by atoms with van der Waals surface area (Å²) in [6.07, 6.45) is -5.08. The van der Waals surface area contributed by atoms with Crippen molar-refractivity contribution in [1.82, 2.24) is 0 Å². The van der Waals surface area contributed by atoms with Gasteiger partial charge < -0.3 is 15.9 Å².